The fourth-order valence-corrected chi connectivity index (χ4v) is 18.1. The van der Waals surface area contributed by atoms with Crippen molar-refractivity contribution in [2.24, 2.45) is 0 Å². The third kappa shape index (κ3) is 68.6. The summed E-state index contributed by atoms with van der Waals surface area (Å²) in [5, 5.41) is -12.9. The smallest absolute Gasteiger partial charge is 0.747 e. The fraction of sp³-hybridized carbons (Fsp3) is 0.947. The first-order valence-electron chi connectivity index (χ1n) is 33.6. The van der Waals surface area contributed by atoms with Crippen LogP contribution < -0.4 is 88.7 Å². The first-order chi connectivity index (χ1) is 45.5. The van der Waals surface area contributed by atoms with Gasteiger partial charge in [-0.2, -0.15) is 50.5 Å². The van der Waals surface area contributed by atoms with Crippen LogP contribution in [-0.2, 0) is 120 Å². The number of unbranched alkanes of at least 4 members (excludes halogenated alkanes) is 33. The van der Waals surface area contributed by atoms with Crippen molar-refractivity contribution >= 4 is 109 Å². The number of hydrogen-bond donors (Lipinski definition) is 6. The minimum absolute atomic E-state index is 0. The predicted molar refractivity (Wildman–Crippen MR) is 366 cm³/mol. The van der Waals surface area contributed by atoms with Crippen LogP contribution in [-0.4, -0.2) is 203 Å². The molecule has 0 rings (SSSR count). The van der Waals surface area contributed by atoms with Gasteiger partial charge in [-0.3, -0.25) is 41.7 Å². The molecule has 0 amide bonds. The van der Waals surface area contributed by atoms with Gasteiger partial charge in [0.2, 0.25) is 0 Å². The van der Waals surface area contributed by atoms with E-state index in [1.807, 2.05) is 0 Å². The molecule has 6 N–H and O–H groups in total. The largest absolute Gasteiger partial charge is 1.00 e. The number of rotatable bonds is 60. The van der Waals surface area contributed by atoms with Gasteiger partial charge in [-0.25, -0.2) is 25.3 Å². The summed E-state index contributed by atoms with van der Waals surface area (Å²) < 4.78 is 302. The van der Waals surface area contributed by atoms with Gasteiger partial charge < -0.3 is 27.9 Å². The molecule has 0 heterocycles. The molecule has 0 aromatic carbocycles. The van der Waals surface area contributed by atoms with Gasteiger partial charge in [0.25, 0.3) is 60.7 Å². The molecule has 0 saturated carbocycles. The summed E-state index contributed by atoms with van der Waals surface area (Å²) in [4.78, 5) is 36.1. The number of carbonyl (C=O) groups excluding carboxylic acids is 3. The number of hydrogen-bond acceptors (Lipinski definition) is 27. The third-order valence-electron chi connectivity index (χ3n) is 15.5. The molecule has 0 aliphatic carbocycles. The average molecular weight is 1680 g/mol. The maximum atomic E-state index is 12.0. The van der Waals surface area contributed by atoms with Crippen LogP contribution in [0.15, 0.2) is 0 Å². The van der Waals surface area contributed by atoms with Gasteiger partial charge in [-0.15, -0.1) is 0 Å². The molecule has 0 saturated heterocycles. The second-order valence-electron chi connectivity index (χ2n) is 24.5. The summed E-state index contributed by atoms with van der Waals surface area (Å²) in [6.07, 6.45) is 35.4. The van der Waals surface area contributed by atoms with Gasteiger partial charge in [0, 0.05) is 0 Å². The zero-order valence-electron chi connectivity index (χ0n) is 60.2. The van der Waals surface area contributed by atoms with Gasteiger partial charge in [0.05, 0.1) is 17.3 Å². The molecule has 0 bridgehead atoms. The van der Waals surface area contributed by atoms with Crippen LogP contribution in [0.1, 0.15) is 271 Å². The Morgan fingerprint density at radius 2 is 0.402 bits per heavy atom. The Hall–Kier alpha value is 0.600. The van der Waals surface area contributed by atoms with Crippen molar-refractivity contribution < 1.29 is 234 Å². The van der Waals surface area contributed by atoms with Crippen LogP contribution in [0.5, 0.6) is 0 Å². The van der Waals surface area contributed by atoms with Crippen LogP contribution in [0.4, 0.5) is 0 Å². The zero-order chi connectivity index (χ0) is 76.6. The van der Waals surface area contributed by atoms with E-state index in [4.69, 9.17) is 27.3 Å². The van der Waals surface area contributed by atoms with Crippen LogP contribution in [0, 0.1) is 0 Å². The summed E-state index contributed by atoms with van der Waals surface area (Å²) in [5.41, 5.74) is 0. The van der Waals surface area contributed by atoms with Crippen LogP contribution in [0.25, 0.3) is 0 Å². The van der Waals surface area contributed by atoms with Gasteiger partial charge in [-0.1, -0.05) is 252 Å². The van der Waals surface area contributed by atoms with E-state index < -0.39 is 178 Å². The molecule has 102 heavy (non-hydrogen) atoms. The monoisotopic (exact) mass is 1680 g/mol. The van der Waals surface area contributed by atoms with E-state index in [1.54, 1.807) is 0 Å². The quantitative estimate of drug-likeness (QED) is 0.0141. The Balaban J connectivity index is -0.000000334. The summed E-state index contributed by atoms with van der Waals surface area (Å²) in [6.45, 7) is 2.81. The Kier molecular flexibility index (Phi) is 68.1. The third-order valence-corrected chi connectivity index (χ3v) is 25.4. The molecule has 0 spiro atoms. The van der Waals surface area contributed by atoms with E-state index in [1.165, 1.54) is 116 Å². The molecule has 0 aromatic heterocycles. The van der Waals surface area contributed by atoms with Gasteiger partial charge >= 0.3 is 107 Å². The summed E-state index contributed by atoms with van der Waals surface area (Å²) in [5.74, 6) is -8.99. The van der Waals surface area contributed by atoms with Crippen molar-refractivity contribution in [1.82, 2.24) is 0 Å². The minimum atomic E-state index is -5.10. The molecule has 0 aliphatic heterocycles. The van der Waals surface area contributed by atoms with E-state index in [9.17, 15) is 104 Å². The predicted octanol–water partition coefficient (Wildman–Crippen LogP) is -0.952. The van der Waals surface area contributed by atoms with Gasteiger partial charge in [0.1, 0.15) is 81.7 Å². The van der Waals surface area contributed by atoms with Crippen LogP contribution in [0.3, 0.4) is 0 Å². The van der Waals surface area contributed by atoms with E-state index in [-0.39, 0.29) is 127 Å². The molecule has 0 aliphatic rings. The maximum Gasteiger partial charge on any atom is 1.00 e. The molecular formula is C57H111Na3O33S9. The number of esters is 3. The Morgan fingerprint density at radius 3 is 0.520 bits per heavy atom. The van der Waals surface area contributed by atoms with Crippen molar-refractivity contribution in [1.29, 1.82) is 0 Å². The average Bonchev–Trinajstić information content (AvgIpc) is 0.859. The molecule has 6 unspecified atom stereocenters. The maximum absolute atomic E-state index is 12.0. The van der Waals surface area contributed by atoms with Crippen molar-refractivity contribution in [2.45, 2.75) is 303 Å². The molecule has 0 radical (unpaired) electrons. The molecular weight excluding hydrogens is 1570 g/mol. The van der Waals surface area contributed by atoms with Crippen LogP contribution >= 0.6 is 0 Å². The van der Waals surface area contributed by atoms with E-state index in [0.717, 1.165) is 77.0 Å². The zero-order valence-corrected chi connectivity index (χ0v) is 73.5. The standard InChI is InChI=1S/3C19H38O11S3.3Na/c3*1-2-3-4-5-6-7-8-9-10-11-12-13-14-18(33(27,28)29)19(20)30-15-17(32(24,25)26)16-31(21,22)23;;;/h3*17-18H,2-16H2,1H3,(H,21,22,23)(H,24,25,26)(H,27,28,29);;;/q;;;3*+1/p-3. The van der Waals surface area contributed by atoms with E-state index in [0.29, 0.717) is 19.3 Å². The molecule has 6 atom stereocenters. The second kappa shape index (κ2) is 61.2. The van der Waals surface area contributed by atoms with Crippen molar-refractivity contribution in [3.05, 3.63) is 0 Å². The summed E-state index contributed by atoms with van der Waals surface area (Å²) in [7, 11) is -45.0. The van der Waals surface area contributed by atoms with Crippen molar-refractivity contribution in [2.75, 3.05) is 37.1 Å². The van der Waals surface area contributed by atoms with Crippen molar-refractivity contribution in [3.63, 3.8) is 0 Å². The van der Waals surface area contributed by atoms with Crippen molar-refractivity contribution in [3.8, 4) is 0 Å². The van der Waals surface area contributed by atoms with E-state index >= 15 is 0 Å². The fourth-order valence-electron chi connectivity index (χ4n) is 9.82. The first-order valence-corrected chi connectivity index (χ1v) is 47.4. The number of ether oxygens (including phenoxy) is 3. The normalized spacial score (nSPS) is 14.2. The molecule has 45 heteroatoms. The van der Waals surface area contributed by atoms with Gasteiger partial charge in [-0.05, 0) is 19.3 Å². The SMILES string of the molecule is CCCCCCCCCCCCCCC(C(=O)OCC(CS(=O)(=O)O)S(=O)(=O)O)S(=O)(=O)[O-].CCCCCCCCCCCCCCC(C(=O)OCC(CS(=O)(=O)O)S(=O)(=O)O)S(=O)(=O)[O-].CCCCCCCCCCCCCCC(C(=O)OCC(CS(=O)(=O)O)S(=O)(=O)O)S(=O)(=O)[O-].[Na+].[Na+].[Na+]. The van der Waals surface area contributed by atoms with E-state index in [2.05, 4.69) is 35.0 Å². The first kappa shape index (κ1) is 113. The molecule has 0 fully saturated rings. The Morgan fingerprint density at radius 1 is 0.265 bits per heavy atom. The summed E-state index contributed by atoms with van der Waals surface area (Å²) >= 11 is 0. The molecule has 33 nitrogen and oxygen atoms in total. The Labute approximate surface area is 675 Å². The second-order valence-corrected chi connectivity index (χ2v) is 38.8. The molecule has 594 valence electrons. The van der Waals surface area contributed by atoms with Crippen LogP contribution in [0.2, 0.25) is 0 Å². The van der Waals surface area contributed by atoms with Gasteiger partial charge in [0.15, 0.2) is 0 Å². The Bertz CT molecular complexity index is 2960. The summed E-state index contributed by atoms with van der Waals surface area (Å²) in [6, 6.07) is 0. The number of carbonyl (C=O) groups is 3. The topological polar surface area (TPSA) is 577 Å². The molecule has 0 aromatic rings. The minimum Gasteiger partial charge on any atom is -0.747 e.